The highest BCUT2D eigenvalue weighted by Crippen LogP contribution is 2.38. The third kappa shape index (κ3) is 42.4. The summed E-state index contributed by atoms with van der Waals surface area (Å²) in [7, 11) is 1.22. The van der Waals surface area contributed by atoms with Crippen molar-refractivity contribution in [2.75, 3.05) is 40.9 Å². The zero-order chi connectivity index (χ0) is 42.1. The highest BCUT2D eigenvalue weighted by molar-refractivity contribution is 7.45. The van der Waals surface area contributed by atoms with Gasteiger partial charge in [0.05, 0.1) is 39.9 Å². The van der Waals surface area contributed by atoms with Crippen LogP contribution in [0.5, 0.6) is 0 Å². The average Bonchev–Trinajstić information content (AvgIpc) is 3.16. The molecule has 0 aliphatic heterocycles. The van der Waals surface area contributed by atoms with Gasteiger partial charge in [-0.15, -0.1) is 0 Å². The van der Waals surface area contributed by atoms with Crippen LogP contribution >= 0.6 is 7.82 Å². The van der Waals surface area contributed by atoms with Crippen molar-refractivity contribution in [3.8, 4) is 0 Å². The Morgan fingerprint density at radius 3 is 1.49 bits per heavy atom. The number of carbonyl (C=O) groups excluding carboxylic acids is 1. The van der Waals surface area contributed by atoms with Gasteiger partial charge in [-0.2, -0.15) is 0 Å². The maximum absolute atomic E-state index is 12.8. The molecule has 0 saturated carbocycles. The van der Waals surface area contributed by atoms with E-state index in [1.165, 1.54) is 109 Å². The molecule has 8 nitrogen and oxygen atoms in total. The van der Waals surface area contributed by atoms with Gasteiger partial charge < -0.3 is 28.8 Å². The Morgan fingerprint density at radius 1 is 0.596 bits per heavy atom. The number of aliphatic hydroxyl groups excluding tert-OH is 1. The summed E-state index contributed by atoms with van der Waals surface area (Å²) in [5, 5.41) is 13.7. The predicted octanol–water partition coefficient (Wildman–Crippen LogP) is 12.6. The van der Waals surface area contributed by atoms with Gasteiger partial charge in [-0.3, -0.25) is 9.36 Å². The number of hydrogen-bond donors (Lipinski definition) is 2. The van der Waals surface area contributed by atoms with Crippen LogP contribution in [0.15, 0.2) is 48.6 Å². The van der Waals surface area contributed by atoms with Crippen LogP contribution in [0.4, 0.5) is 0 Å². The number of nitrogens with zero attached hydrogens (tertiary/aromatic N) is 1. The largest absolute Gasteiger partial charge is 0.756 e. The molecule has 0 aromatic carbocycles. The Hall–Kier alpha value is -1.54. The number of phosphoric acid groups is 1. The van der Waals surface area contributed by atoms with Crippen molar-refractivity contribution >= 4 is 13.7 Å². The Labute approximate surface area is 352 Å². The number of nitrogens with one attached hydrogen (secondary N) is 1. The molecular weight excluding hydrogens is 732 g/mol. The second-order valence-electron chi connectivity index (χ2n) is 17.1. The van der Waals surface area contributed by atoms with Crippen molar-refractivity contribution in [3.05, 3.63) is 48.6 Å². The van der Waals surface area contributed by atoms with E-state index in [2.05, 4.69) is 55.6 Å². The first kappa shape index (κ1) is 55.5. The molecule has 334 valence electrons. The van der Waals surface area contributed by atoms with E-state index in [4.69, 9.17) is 9.05 Å². The van der Waals surface area contributed by atoms with Gasteiger partial charge in [0, 0.05) is 6.42 Å². The molecule has 0 bridgehead atoms. The molecule has 1 amide bonds. The highest BCUT2D eigenvalue weighted by atomic mass is 31.2. The lowest BCUT2D eigenvalue weighted by molar-refractivity contribution is -0.870. The number of allylic oxidation sites excluding steroid dienone is 7. The van der Waals surface area contributed by atoms with Crippen molar-refractivity contribution in [2.24, 2.45) is 0 Å². The third-order valence-electron chi connectivity index (χ3n) is 10.2. The lowest BCUT2D eigenvalue weighted by atomic mass is 10.0. The molecule has 0 rings (SSSR count). The highest BCUT2D eigenvalue weighted by Gasteiger charge is 2.23. The first-order chi connectivity index (χ1) is 27.5. The molecule has 0 spiro atoms. The third-order valence-corrected chi connectivity index (χ3v) is 11.2. The SMILES string of the molecule is CCC/C=C\CCCCCCCC(=O)NC(COP(=O)([O-])OCC[N+](C)(C)C)C(O)/C=C/CC/C=C/CC/C=C/CCCCCCCCCCCCCCCCC. The second kappa shape index (κ2) is 39.9. The van der Waals surface area contributed by atoms with Crippen molar-refractivity contribution < 1.29 is 32.9 Å². The number of phosphoric ester groups is 1. The Balaban J connectivity index is 4.33. The van der Waals surface area contributed by atoms with Gasteiger partial charge in [-0.05, 0) is 64.2 Å². The minimum absolute atomic E-state index is 0.0117. The van der Waals surface area contributed by atoms with E-state index in [1.807, 2.05) is 27.2 Å². The average molecular weight is 823 g/mol. The van der Waals surface area contributed by atoms with Crippen molar-refractivity contribution in [2.45, 2.75) is 212 Å². The second-order valence-corrected chi connectivity index (χ2v) is 18.5. The summed E-state index contributed by atoms with van der Waals surface area (Å²) in [6.07, 6.45) is 50.4. The predicted molar refractivity (Wildman–Crippen MR) is 242 cm³/mol. The van der Waals surface area contributed by atoms with Crippen molar-refractivity contribution in [3.63, 3.8) is 0 Å². The number of amides is 1. The molecule has 3 unspecified atom stereocenters. The van der Waals surface area contributed by atoms with Gasteiger partial charge in [0.2, 0.25) is 5.91 Å². The van der Waals surface area contributed by atoms with Crippen LogP contribution in [0.1, 0.15) is 200 Å². The zero-order valence-electron chi connectivity index (χ0n) is 37.8. The molecule has 0 heterocycles. The van der Waals surface area contributed by atoms with Crippen LogP contribution in [0.25, 0.3) is 0 Å². The summed E-state index contributed by atoms with van der Waals surface area (Å²) in [4.78, 5) is 25.2. The topological polar surface area (TPSA) is 108 Å². The fraction of sp³-hybridized carbons (Fsp3) is 0.812. The number of hydrogen-bond acceptors (Lipinski definition) is 6. The van der Waals surface area contributed by atoms with Gasteiger partial charge in [0.1, 0.15) is 13.2 Å². The molecule has 0 aromatic rings. The molecule has 0 saturated heterocycles. The van der Waals surface area contributed by atoms with Gasteiger partial charge in [0.15, 0.2) is 0 Å². The van der Waals surface area contributed by atoms with E-state index in [0.717, 1.165) is 70.6 Å². The number of unbranched alkanes of at least 4 members (excludes halogenated alkanes) is 23. The Morgan fingerprint density at radius 2 is 1.02 bits per heavy atom. The molecule has 0 aliphatic carbocycles. The molecule has 57 heavy (non-hydrogen) atoms. The minimum Gasteiger partial charge on any atom is -0.756 e. The first-order valence-corrected chi connectivity index (χ1v) is 25.0. The van der Waals surface area contributed by atoms with E-state index in [9.17, 15) is 19.4 Å². The van der Waals surface area contributed by atoms with E-state index < -0.39 is 26.6 Å². The molecule has 9 heteroatoms. The normalized spacial score (nSPS) is 14.7. The quantitative estimate of drug-likeness (QED) is 0.0275. The standard InChI is InChI=1S/C48H91N2O6P/c1-6-8-10-12-14-16-18-19-20-21-22-23-24-25-26-27-28-29-30-31-32-33-35-37-39-41-47(51)46(45-56-57(53,54)55-44-43-50(3,4)5)49-48(52)42-40-38-36-34-17-15-13-11-9-7-2/h11,13,28-29,32-33,39,41,46-47,51H,6-10,12,14-27,30-31,34-38,40,42-45H2,1-5H3,(H-,49,52,53,54)/b13-11-,29-28+,33-32+,41-39+. The van der Waals surface area contributed by atoms with E-state index in [1.54, 1.807) is 6.08 Å². The maximum Gasteiger partial charge on any atom is 0.268 e. The Bertz CT molecular complexity index is 1070. The minimum atomic E-state index is -4.60. The number of aliphatic hydroxyl groups is 1. The van der Waals surface area contributed by atoms with Gasteiger partial charge in [0.25, 0.3) is 7.82 Å². The molecule has 0 fully saturated rings. The summed E-state index contributed by atoms with van der Waals surface area (Å²) < 4.78 is 23.1. The van der Waals surface area contributed by atoms with E-state index in [-0.39, 0.29) is 12.5 Å². The van der Waals surface area contributed by atoms with Crippen LogP contribution in [0, 0.1) is 0 Å². The number of rotatable bonds is 42. The maximum atomic E-state index is 12.8. The fourth-order valence-corrected chi connectivity index (χ4v) is 7.20. The fourth-order valence-electron chi connectivity index (χ4n) is 6.48. The summed E-state index contributed by atoms with van der Waals surface area (Å²) in [6.45, 7) is 4.54. The molecule has 0 radical (unpaired) electrons. The number of carbonyl (C=O) groups is 1. The summed E-state index contributed by atoms with van der Waals surface area (Å²) >= 11 is 0. The van der Waals surface area contributed by atoms with E-state index in [0.29, 0.717) is 17.4 Å². The molecule has 2 N–H and O–H groups in total. The van der Waals surface area contributed by atoms with Crippen molar-refractivity contribution in [1.29, 1.82) is 0 Å². The van der Waals surface area contributed by atoms with Crippen LogP contribution in [-0.4, -0.2) is 68.5 Å². The van der Waals surface area contributed by atoms with E-state index >= 15 is 0 Å². The van der Waals surface area contributed by atoms with Crippen LogP contribution < -0.4 is 10.2 Å². The summed E-state index contributed by atoms with van der Waals surface area (Å²) in [5.41, 5.74) is 0. The molecular formula is C48H91N2O6P. The van der Waals surface area contributed by atoms with Crippen molar-refractivity contribution in [1.82, 2.24) is 5.32 Å². The lowest BCUT2D eigenvalue weighted by Crippen LogP contribution is -2.45. The van der Waals surface area contributed by atoms with Crippen LogP contribution in [0.3, 0.4) is 0 Å². The summed E-state index contributed by atoms with van der Waals surface area (Å²) in [6, 6.07) is -0.912. The number of quaternary nitrogens is 1. The monoisotopic (exact) mass is 823 g/mol. The van der Waals surface area contributed by atoms with Gasteiger partial charge in [-0.1, -0.05) is 178 Å². The first-order valence-electron chi connectivity index (χ1n) is 23.5. The van der Waals surface area contributed by atoms with Crippen LogP contribution in [0.2, 0.25) is 0 Å². The molecule has 0 aliphatic rings. The Kier molecular flexibility index (Phi) is 38.8. The van der Waals surface area contributed by atoms with Gasteiger partial charge >= 0.3 is 0 Å². The molecule has 3 atom stereocenters. The summed E-state index contributed by atoms with van der Waals surface area (Å²) in [5.74, 6) is -0.225. The lowest BCUT2D eigenvalue weighted by Gasteiger charge is -2.29. The van der Waals surface area contributed by atoms with Gasteiger partial charge in [-0.25, -0.2) is 0 Å². The smallest absolute Gasteiger partial charge is 0.268 e. The zero-order valence-corrected chi connectivity index (χ0v) is 38.7. The molecule has 0 aromatic heterocycles. The van der Waals surface area contributed by atoms with Crippen LogP contribution in [-0.2, 0) is 18.4 Å². The number of likely N-dealkylation sites (N-methyl/N-ethyl adjacent to an activating group) is 1.